The number of nitrogens with zero attached hydrogens (tertiary/aromatic N) is 1. The maximum absolute atomic E-state index is 12.3. The van der Waals surface area contributed by atoms with Crippen LogP contribution in [-0.2, 0) is 24.4 Å². The number of aromatic nitrogens is 1. The average Bonchev–Trinajstić information content (AvgIpc) is 3.18. The lowest BCUT2D eigenvalue weighted by Gasteiger charge is -2.12. The molecule has 5 aromatic rings. The summed E-state index contributed by atoms with van der Waals surface area (Å²) in [6, 6.07) is 35.1. The molecule has 4 aromatic carbocycles. The molecule has 5 heteroatoms. The van der Waals surface area contributed by atoms with E-state index in [9.17, 15) is 4.79 Å². The molecular weight excluding hydrogens is 446 g/mol. The van der Waals surface area contributed by atoms with Gasteiger partial charge >= 0.3 is 0 Å². The molecule has 0 unspecified atom stereocenters. The Bertz CT molecular complexity index is 1490. The minimum Gasteiger partial charge on any atom is -0.489 e. The lowest BCUT2D eigenvalue weighted by atomic mass is 10.0. The van der Waals surface area contributed by atoms with Crippen LogP contribution in [0.5, 0.6) is 5.75 Å². The standard InChI is InChI=1S/C31H29N3O2/c1-22-28(19-31(35)33-32)29-18-26(25-12-6-3-7-13-25)15-16-30(29)34(22)20-24-11-8-14-27(17-24)36-21-23-9-4-2-5-10-23/h2-18H,19-21,32H2,1H3,(H,33,35). The van der Waals surface area contributed by atoms with Crippen molar-refractivity contribution in [3.05, 3.63) is 126 Å². The van der Waals surface area contributed by atoms with Crippen LogP contribution in [0.4, 0.5) is 0 Å². The van der Waals surface area contributed by atoms with Gasteiger partial charge in [0.2, 0.25) is 5.91 Å². The molecule has 0 atom stereocenters. The van der Waals surface area contributed by atoms with Crippen molar-refractivity contribution >= 4 is 16.8 Å². The molecule has 1 heterocycles. The lowest BCUT2D eigenvalue weighted by molar-refractivity contribution is -0.120. The first-order valence-corrected chi connectivity index (χ1v) is 12.0. The summed E-state index contributed by atoms with van der Waals surface area (Å²) in [7, 11) is 0. The van der Waals surface area contributed by atoms with Crippen molar-refractivity contribution in [3.8, 4) is 16.9 Å². The molecule has 5 nitrogen and oxygen atoms in total. The number of benzene rings is 4. The van der Waals surface area contributed by atoms with Gasteiger partial charge in [-0.25, -0.2) is 5.84 Å². The quantitative estimate of drug-likeness (QED) is 0.170. The van der Waals surface area contributed by atoms with Crippen LogP contribution in [0.2, 0.25) is 0 Å². The molecule has 0 spiro atoms. The Kier molecular flexibility index (Phi) is 6.83. The fraction of sp³-hybridized carbons (Fsp3) is 0.129. The van der Waals surface area contributed by atoms with Gasteiger partial charge in [0.25, 0.3) is 0 Å². The van der Waals surface area contributed by atoms with Crippen LogP contribution >= 0.6 is 0 Å². The number of carbonyl (C=O) groups is 1. The van der Waals surface area contributed by atoms with Crippen molar-refractivity contribution in [3.63, 3.8) is 0 Å². The van der Waals surface area contributed by atoms with E-state index in [4.69, 9.17) is 10.6 Å². The van der Waals surface area contributed by atoms with Crippen molar-refractivity contribution in [2.45, 2.75) is 26.5 Å². The SMILES string of the molecule is Cc1c(CC(=O)NN)c2cc(-c3ccccc3)ccc2n1Cc1cccc(OCc2ccccc2)c1. The van der Waals surface area contributed by atoms with Crippen molar-refractivity contribution < 1.29 is 9.53 Å². The average molecular weight is 476 g/mol. The van der Waals surface area contributed by atoms with E-state index in [-0.39, 0.29) is 12.3 Å². The number of hydrogen-bond donors (Lipinski definition) is 2. The summed E-state index contributed by atoms with van der Waals surface area (Å²) in [6.07, 6.45) is 0.226. The van der Waals surface area contributed by atoms with Gasteiger partial charge < -0.3 is 9.30 Å². The summed E-state index contributed by atoms with van der Waals surface area (Å²) in [5.74, 6) is 6.06. The molecule has 0 fully saturated rings. The fourth-order valence-corrected chi connectivity index (χ4v) is 4.66. The zero-order valence-electron chi connectivity index (χ0n) is 20.3. The Morgan fingerprint density at radius 2 is 1.56 bits per heavy atom. The molecule has 0 saturated heterocycles. The van der Waals surface area contributed by atoms with Crippen LogP contribution in [-0.4, -0.2) is 10.5 Å². The van der Waals surface area contributed by atoms with Crippen molar-refractivity contribution in [2.75, 3.05) is 0 Å². The summed E-state index contributed by atoms with van der Waals surface area (Å²) in [5.41, 5.74) is 9.92. The lowest BCUT2D eigenvalue weighted by Crippen LogP contribution is -2.31. The van der Waals surface area contributed by atoms with Gasteiger partial charge in [0.15, 0.2) is 0 Å². The van der Waals surface area contributed by atoms with Crippen LogP contribution in [0.3, 0.4) is 0 Å². The van der Waals surface area contributed by atoms with E-state index < -0.39 is 0 Å². The second kappa shape index (κ2) is 10.5. The molecule has 36 heavy (non-hydrogen) atoms. The highest BCUT2D eigenvalue weighted by atomic mass is 16.5. The van der Waals surface area contributed by atoms with Crippen LogP contribution in [0.15, 0.2) is 103 Å². The maximum atomic E-state index is 12.3. The molecule has 0 radical (unpaired) electrons. The van der Waals surface area contributed by atoms with Gasteiger partial charge in [-0.15, -0.1) is 0 Å². The smallest absolute Gasteiger partial charge is 0.238 e. The zero-order valence-corrected chi connectivity index (χ0v) is 20.3. The second-order valence-corrected chi connectivity index (χ2v) is 8.91. The Morgan fingerprint density at radius 3 is 2.31 bits per heavy atom. The third-order valence-electron chi connectivity index (χ3n) is 6.55. The third-order valence-corrected chi connectivity index (χ3v) is 6.55. The number of hydrazine groups is 1. The van der Waals surface area contributed by atoms with Crippen molar-refractivity contribution in [2.24, 2.45) is 5.84 Å². The first-order chi connectivity index (χ1) is 17.6. The van der Waals surface area contributed by atoms with Crippen LogP contribution in [0.25, 0.3) is 22.0 Å². The second-order valence-electron chi connectivity index (χ2n) is 8.91. The number of hydrogen-bond acceptors (Lipinski definition) is 3. The van der Waals surface area contributed by atoms with E-state index in [1.165, 1.54) is 0 Å². The molecule has 0 aliphatic rings. The molecule has 3 N–H and O–H groups in total. The van der Waals surface area contributed by atoms with Gasteiger partial charge in [-0.3, -0.25) is 10.2 Å². The van der Waals surface area contributed by atoms with Gasteiger partial charge in [-0.2, -0.15) is 0 Å². The van der Waals surface area contributed by atoms with E-state index in [2.05, 4.69) is 71.5 Å². The van der Waals surface area contributed by atoms with E-state index >= 15 is 0 Å². The van der Waals surface area contributed by atoms with E-state index in [0.717, 1.165) is 50.2 Å². The highest BCUT2D eigenvalue weighted by molar-refractivity contribution is 5.93. The van der Waals surface area contributed by atoms with Crippen molar-refractivity contribution in [1.82, 2.24) is 9.99 Å². The van der Waals surface area contributed by atoms with Gasteiger partial charge in [0.1, 0.15) is 12.4 Å². The minimum absolute atomic E-state index is 0.210. The van der Waals surface area contributed by atoms with Gasteiger partial charge in [0, 0.05) is 23.1 Å². The van der Waals surface area contributed by atoms with E-state index in [1.54, 1.807) is 0 Å². The summed E-state index contributed by atoms with van der Waals surface area (Å²) in [4.78, 5) is 12.3. The van der Waals surface area contributed by atoms with E-state index in [1.807, 2.05) is 48.5 Å². The highest BCUT2D eigenvalue weighted by Crippen LogP contribution is 2.32. The summed E-state index contributed by atoms with van der Waals surface area (Å²) in [5, 5.41) is 1.06. The van der Waals surface area contributed by atoms with Gasteiger partial charge in [-0.1, -0.05) is 78.9 Å². The molecule has 0 aliphatic carbocycles. The third kappa shape index (κ3) is 5.02. The zero-order chi connectivity index (χ0) is 24.9. The number of ether oxygens (including phenoxy) is 1. The molecule has 1 aromatic heterocycles. The van der Waals surface area contributed by atoms with Crippen LogP contribution in [0, 0.1) is 6.92 Å². The summed E-state index contributed by atoms with van der Waals surface area (Å²) >= 11 is 0. The molecule has 0 saturated carbocycles. The van der Waals surface area contributed by atoms with Crippen molar-refractivity contribution in [1.29, 1.82) is 0 Å². The fourth-order valence-electron chi connectivity index (χ4n) is 4.66. The summed E-state index contributed by atoms with van der Waals surface area (Å²) in [6.45, 7) is 3.26. The molecular formula is C31H29N3O2. The number of nitrogens with one attached hydrogen (secondary N) is 1. The monoisotopic (exact) mass is 475 g/mol. The number of nitrogens with two attached hydrogens (primary N) is 1. The Hall–Kier alpha value is -4.35. The normalized spacial score (nSPS) is 10.9. The number of fused-ring (bicyclic) bond motifs is 1. The molecule has 1 amide bonds. The number of amides is 1. The summed E-state index contributed by atoms with van der Waals surface area (Å²) < 4.78 is 8.31. The topological polar surface area (TPSA) is 69.3 Å². The largest absolute Gasteiger partial charge is 0.489 e. The maximum Gasteiger partial charge on any atom is 0.238 e. The van der Waals surface area contributed by atoms with Crippen LogP contribution < -0.4 is 16.0 Å². The number of carbonyl (C=O) groups excluding carboxylic acids is 1. The predicted octanol–water partition coefficient (Wildman–Crippen LogP) is 5.78. The van der Waals surface area contributed by atoms with E-state index in [0.29, 0.717) is 13.2 Å². The first-order valence-electron chi connectivity index (χ1n) is 12.0. The number of rotatable bonds is 8. The Labute approximate surface area is 211 Å². The van der Waals surface area contributed by atoms with Crippen LogP contribution in [0.1, 0.15) is 22.4 Å². The minimum atomic E-state index is -0.210. The Morgan fingerprint density at radius 1 is 0.833 bits per heavy atom. The molecule has 180 valence electrons. The predicted molar refractivity (Wildman–Crippen MR) is 144 cm³/mol. The molecule has 0 bridgehead atoms. The molecule has 0 aliphatic heterocycles. The highest BCUT2D eigenvalue weighted by Gasteiger charge is 2.18. The van der Waals surface area contributed by atoms with Gasteiger partial charge in [-0.05, 0) is 59.0 Å². The molecule has 5 rings (SSSR count). The first kappa shape index (κ1) is 23.4. The Balaban J connectivity index is 1.49. The van der Waals surface area contributed by atoms with Gasteiger partial charge in [0.05, 0.1) is 6.42 Å².